The van der Waals surface area contributed by atoms with Crippen LogP contribution >= 0.6 is 0 Å². The summed E-state index contributed by atoms with van der Waals surface area (Å²) in [5.41, 5.74) is -0.417. The maximum Gasteiger partial charge on any atom is 0.407 e. The smallest absolute Gasteiger partial charge is 0.407 e. The molecule has 1 aromatic heterocycles. The summed E-state index contributed by atoms with van der Waals surface area (Å²) in [5, 5.41) is 20.3. The Hall–Kier alpha value is -3.11. The lowest BCUT2D eigenvalue weighted by molar-refractivity contribution is -0.384. The van der Waals surface area contributed by atoms with Gasteiger partial charge in [-0.1, -0.05) is 0 Å². The first-order chi connectivity index (χ1) is 14.1. The van der Waals surface area contributed by atoms with Crippen molar-refractivity contribution in [3.05, 3.63) is 22.4 Å². The zero-order valence-electron chi connectivity index (χ0n) is 17.4. The van der Waals surface area contributed by atoms with Gasteiger partial charge in [-0.25, -0.2) is 14.6 Å². The summed E-state index contributed by atoms with van der Waals surface area (Å²) in [6, 6.07) is 1.10. The molecule has 30 heavy (non-hydrogen) atoms. The van der Waals surface area contributed by atoms with Crippen molar-refractivity contribution in [2.24, 2.45) is 0 Å². The van der Waals surface area contributed by atoms with E-state index in [1.54, 1.807) is 20.8 Å². The zero-order chi connectivity index (χ0) is 21.9. The molecular weight excluding hydrogens is 392 g/mol. The second-order valence-corrected chi connectivity index (χ2v) is 8.55. The quantitative estimate of drug-likeness (QED) is 0.492. The monoisotopic (exact) mass is 420 g/mol. The van der Waals surface area contributed by atoms with Crippen molar-refractivity contribution in [3.8, 4) is 0 Å². The number of aromatic nitrogens is 1. The predicted octanol–water partition coefficient (Wildman–Crippen LogP) is 2.77. The summed E-state index contributed by atoms with van der Waals surface area (Å²) in [6.45, 7) is 6.37. The van der Waals surface area contributed by atoms with E-state index >= 15 is 0 Å². The van der Waals surface area contributed by atoms with Crippen molar-refractivity contribution < 1.29 is 19.2 Å². The molecule has 0 radical (unpaired) electrons. The van der Waals surface area contributed by atoms with Gasteiger partial charge in [0.1, 0.15) is 23.3 Å². The van der Waals surface area contributed by atoms with Crippen LogP contribution < -0.4 is 20.9 Å². The summed E-state index contributed by atoms with van der Waals surface area (Å²) < 4.78 is 5.32. The van der Waals surface area contributed by atoms with Gasteiger partial charge in [-0.2, -0.15) is 0 Å². The van der Waals surface area contributed by atoms with Crippen LogP contribution in [0, 0.1) is 10.1 Å². The molecule has 0 spiro atoms. The van der Waals surface area contributed by atoms with Gasteiger partial charge in [-0.15, -0.1) is 0 Å². The lowest BCUT2D eigenvalue weighted by Gasteiger charge is -2.31. The average Bonchev–Trinajstić information content (AvgIpc) is 3.06. The number of ether oxygens (including phenoxy) is 1. The normalized spacial score (nSPS) is 21.7. The molecule has 164 valence electrons. The lowest BCUT2D eigenvalue weighted by Crippen LogP contribution is -2.43. The molecule has 2 atom stereocenters. The summed E-state index contributed by atoms with van der Waals surface area (Å²) in [6.07, 6.45) is 3.80. The predicted molar refractivity (Wildman–Crippen MR) is 111 cm³/mol. The van der Waals surface area contributed by atoms with E-state index in [9.17, 15) is 19.7 Å². The number of nitro groups is 1. The largest absolute Gasteiger partial charge is 0.444 e. The van der Waals surface area contributed by atoms with Crippen LogP contribution in [0.5, 0.6) is 0 Å². The molecule has 1 aliphatic heterocycles. The Morgan fingerprint density at radius 2 is 2.10 bits per heavy atom. The minimum absolute atomic E-state index is 0.0694. The third-order valence-electron chi connectivity index (χ3n) is 4.95. The fourth-order valence-corrected chi connectivity index (χ4v) is 3.68. The third-order valence-corrected chi connectivity index (χ3v) is 4.95. The third kappa shape index (κ3) is 5.49. The molecule has 11 nitrogen and oxygen atoms in total. The maximum absolute atomic E-state index is 12.1. The Balaban J connectivity index is 1.70. The van der Waals surface area contributed by atoms with E-state index in [4.69, 9.17) is 4.74 Å². The number of nitrogens with zero attached hydrogens (tertiary/aromatic N) is 3. The number of pyridine rings is 1. The molecule has 0 aromatic carbocycles. The van der Waals surface area contributed by atoms with Crippen LogP contribution in [0.25, 0.3) is 0 Å². The van der Waals surface area contributed by atoms with Crippen LogP contribution in [-0.4, -0.2) is 52.8 Å². The molecule has 1 saturated heterocycles. The SMILES string of the molecule is CC(C)(C)OC(=O)N[C@H]1CCC[C@@H](Nc2cc(N3CCNC3=O)ncc2[N+](=O)[O-])C1. The summed E-state index contributed by atoms with van der Waals surface area (Å²) in [5.74, 6) is 0.359. The van der Waals surface area contributed by atoms with Crippen molar-refractivity contribution >= 4 is 29.3 Å². The Morgan fingerprint density at radius 1 is 1.37 bits per heavy atom. The van der Waals surface area contributed by atoms with Gasteiger partial charge in [0.2, 0.25) is 0 Å². The first-order valence-electron chi connectivity index (χ1n) is 10.1. The first kappa shape index (κ1) is 21.6. The van der Waals surface area contributed by atoms with Crippen molar-refractivity contribution in [2.75, 3.05) is 23.3 Å². The van der Waals surface area contributed by atoms with Gasteiger partial charge < -0.3 is 20.7 Å². The Bertz CT molecular complexity index is 824. The number of carbonyl (C=O) groups excluding carboxylic acids is 2. The fraction of sp³-hybridized carbons (Fsp3) is 0.632. The van der Waals surface area contributed by atoms with Crippen LogP contribution in [0.15, 0.2) is 12.3 Å². The molecule has 0 bridgehead atoms. The molecular formula is C19H28N6O5. The molecule has 2 heterocycles. The van der Waals surface area contributed by atoms with Crippen molar-refractivity contribution in [3.63, 3.8) is 0 Å². The van der Waals surface area contributed by atoms with Gasteiger partial charge in [-0.3, -0.25) is 15.0 Å². The molecule has 3 N–H and O–H groups in total. The van der Waals surface area contributed by atoms with E-state index in [0.717, 1.165) is 19.3 Å². The Morgan fingerprint density at radius 3 is 2.73 bits per heavy atom. The Labute approximate surface area is 174 Å². The molecule has 1 aliphatic carbocycles. The van der Waals surface area contributed by atoms with Gasteiger partial charge in [0.05, 0.1) is 4.92 Å². The van der Waals surface area contributed by atoms with Gasteiger partial charge >= 0.3 is 17.8 Å². The molecule has 0 unspecified atom stereocenters. The highest BCUT2D eigenvalue weighted by molar-refractivity contribution is 5.93. The lowest BCUT2D eigenvalue weighted by atomic mass is 9.91. The number of nitrogens with one attached hydrogen (secondary N) is 3. The van der Waals surface area contributed by atoms with E-state index in [0.29, 0.717) is 31.0 Å². The molecule has 2 aliphatic rings. The van der Waals surface area contributed by atoms with Crippen LogP contribution in [0.2, 0.25) is 0 Å². The number of hydrogen-bond donors (Lipinski definition) is 3. The van der Waals surface area contributed by atoms with E-state index in [-0.39, 0.29) is 23.8 Å². The van der Waals surface area contributed by atoms with Crippen LogP contribution in [0.1, 0.15) is 46.5 Å². The fourth-order valence-electron chi connectivity index (χ4n) is 3.68. The summed E-state index contributed by atoms with van der Waals surface area (Å²) in [7, 11) is 0. The van der Waals surface area contributed by atoms with Gasteiger partial charge in [0, 0.05) is 31.2 Å². The highest BCUT2D eigenvalue weighted by atomic mass is 16.6. The summed E-state index contributed by atoms with van der Waals surface area (Å²) in [4.78, 5) is 40.5. The van der Waals surface area contributed by atoms with Gasteiger partial charge in [0.15, 0.2) is 0 Å². The topological polar surface area (TPSA) is 139 Å². The maximum atomic E-state index is 12.1. The van der Waals surface area contributed by atoms with E-state index < -0.39 is 16.6 Å². The minimum Gasteiger partial charge on any atom is -0.444 e. The highest BCUT2D eigenvalue weighted by Gasteiger charge is 2.29. The number of urea groups is 1. The molecule has 2 fully saturated rings. The van der Waals surface area contributed by atoms with E-state index in [1.165, 1.54) is 17.2 Å². The van der Waals surface area contributed by atoms with Crippen molar-refractivity contribution in [1.29, 1.82) is 0 Å². The van der Waals surface area contributed by atoms with Crippen LogP contribution in [0.3, 0.4) is 0 Å². The molecule has 3 rings (SSSR count). The highest BCUT2D eigenvalue weighted by Crippen LogP contribution is 2.31. The van der Waals surface area contributed by atoms with E-state index in [1.807, 2.05) is 0 Å². The Kier molecular flexibility index (Phi) is 6.28. The van der Waals surface area contributed by atoms with E-state index in [2.05, 4.69) is 20.9 Å². The molecule has 1 aromatic rings. The average molecular weight is 420 g/mol. The second kappa shape index (κ2) is 8.72. The van der Waals surface area contributed by atoms with Gasteiger partial charge in [-0.05, 0) is 46.5 Å². The van der Waals surface area contributed by atoms with Crippen molar-refractivity contribution in [1.82, 2.24) is 15.6 Å². The van der Waals surface area contributed by atoms with Crippen LogP contribution in [-0.2, 0) is 4.74 Å². The first-order valence-corrected chi connectivity index (χ1v) is 10.1. The van der Waals surface area contributed by atoms with Crippen LogP contribution in [0.4, 0.5) is 26.8 Å². The van der Waals surface area contributed by atoms with Crippen molar-refractivity contribution in [2.45, 2.75) is 64.1 Å². The second-order valence-electron chi connectivity index (χ2n) is 8.55. The zero-order valence-corrected chi connectivity index (χ0v) is 17.4. The molecule has 1 saturated carbocycles. The number of anilines is 2. The minimum atomic E-state index is -0.577. The summed E-state index contributed by atoms with van der Waals surface area (Å²) >= 11 is 0. The number of alkyl carbamates (subject to hydrolysis) is 1. The number of carbonyl (C=O) groups is 2. The number of rotatable bonds is 5. The number of hydrogen-bond acceptors (Lipinski definition) is 7. The van der Waals surface area contributed by atoms with Gasteiger partial charge in [0.25, 0.3) is 0 Å². The number of amides is 3. The molecule has 11 heteroatoms. The standard InChI is InChI=1S/C19H28N6O5/c1-19(2,3)30-18(27)23-13-6-4-5-12(9-13)22-14-10-16(21-11-15(14)25(28)29)24-8-7-20-17(24)26/h10-13H,4-9H2,1-3H3,(H,20,26)(H,21,22)(H,23,27)/t12-,13+/m1/s1. The molecule has 3 amide bonds.